The zero-order valence-electron chi connectivity index (χ0n) is 7.63. The minimum atomic E-state index is -0.283. The third-order valence-corrected chi connectivity index (χ3v) is 2.52. The molecule has 0 heterocycles. The summed E-state index contributed by atoms with van der Waals surface area (Å²) in [6.07, 6.45) is 2.23. The van der Waals surface area contributed by atoms with Crippen molar-refractivity contribution in [3.8, 4) is 0 Å². The van der Waals surface area contributed by atoms with Crippen LogP contribution in [0.5, 0.6) is 0 Å². The van der Waals surface area contributed by atoms with E-state index >= 15 is 0 Å². The second kappa shape index (κ2) is 4.42. The molecule has 0 aromatic heterocycles. The molecule has 0 saturated heterocycles. The topological polar surface area (TPSA) is 17.1 Å². The third kappa shape index (κ3) is 2.84. The first-order valence-electron chi connectivity index (χ1n) is 3.95. The summed E-state index contributed by atoms with van der Waals surface area (Å²) < 4.78 is 12.8. The van der Waals surface area contributed by atoms with Gasteiger partial charge in [-0.1, -0.05) is 0 Å². The number of Topliss-reactive ketones (excluding diaryl/α,β-unsaturated/α-hetero) is 1. The molecule has 0 unspecified atom stereocenters. The van der Waals surface area contributed by atoms with E-state index in [9.17, 15) is 9.18 Å². The lowest BCUT2D eigenvalue weighted by Gasteiger charge is -2.04. The molecule has 0 radical (unpaired) electrons. The first-order valence-corrected chi connectivity index (χ1v) is 5.18. The van der Waals surface area contributed by atoms with Crippen molar-refractivity contribution in [1.82, 2.24) is 0 Å². The highest BCUT2D eigenvalue weighted by Crippen LogP contribution is 2.21. The van der Waals surface area contributed by atoms with Crippen molar-refractivity contribution in [3.63, 3.8) is 0 Å². The van der Waals surface area contributed by atoms with Gasteiger partial charge in [0.2, 0.25) is 0 Å². The van der Waals surface area contributed by atoms with Crippen LogP contribution in [0.25, 0.3) is 0 Å². The summed E-state index contributed by atoms with van der Waals surface area (Å²) >= 11 is 1.53. The zero-order valence-corrected chi connectivity index (χ0v) is 8.45. The number of benzene rings is 1. The number of carbonyl (C=O) groups is 1. The standard InChI is InChI=1S/C10H11FOS/c1-7(12)5-8-6-9(11)3-4-10(8)13-2/h3-4,6H,5H2,1-2H3. The molecule has 0 saturated carbocycles. The Bertz CT molecular complexity index is 323. The smallest absolute Gasteiger partial charge is 0.134 e. The van der Waals surface area contributed by atoms with Gasteiger partial charge in [0.1, 0.15) is 11.6 Å². The normalized spacial score (nSPS) is 10.1. The molecule has 70 valence electrons. The van der Waals surface area contributed by atoms with E-state index in [1.807, 2.05) is 6.26 Å². The number of carbonyl (C=O) groups excluding carboxylic acids is 1. The Kier molecular flexibility index (Phi) is 3.48. The molecular weight excluding hydrogens is 187 g/mol. The fourth-order valence-corrected chi connectivity index (χ4v) is 1.75. The van der Waals surface area contributed by atoms with E-state index < -0.39 is 0 Å². The lowest BCUT2D eigenvalue weighted by atomic mass is 10.1. The van der Waals surface area contributed by atoms with Crippen LogP contribution in [0.2, 0.25) is 0 Å². The van der Waals surface area contributed by atoms with E-state index in [1.54, 1.807) is 6.07 Å². The van der Waals surface area contributed by atoms with Crippen LogP contribution in [0.4, 0.5) is 4.39 Å². The van der Waals surface area contributed by atoms with Crippen molar-refractivity contribution in [2.75, 3.05) is 6.26 Å². The Morgan fingerprint density at radius 1 is 1.54 bits per heavy atom. The number of halogens is 1. The minimum absolute atomic E-state index is 0.0564. The van der Waals surface area contributed by atoms with Crippen molar-refractivity contribution >= 4 is 17.5 Å². The summed E-state index contributed by atoms with van der Waals surface area (Å²) in [5.74, 6) is -0.227. The molecule has 0 aliphatic heterocycles. The molecule has 0 fully saturated rings. The second-order valence-corrected chi connectivity index (χ2v) is 3.68. The molecule has 0 atom stereocenters. The lowest BCUT2D eigenvalue weighted by Crippen LogP contribution is -1.98. The first-order chi connectivity index (χ1) is 6.13. The average Bonchev–Trinajstić information content (AvgIpc) is 2.03. The van der Waals surface area contributed by atoms with Crippen LogP contribution in [0.1, 0.15) is 12.5 Å². The number of thioether (sulfide) groups is 1. The predicted molar refractivity (Wildman–Crippen MR) is 52.6 cm³/mol. The summed E-state index contributed by atoms with van der Waals surface area (Å²) in [6.45, 7) is 1.51. The van der Waals surface area contributed by atoms with Crippen LogP contribution in [-0.4, -0.2) is 12.0 Å². The third-order valence-electron chi connectivity index (χ3n) is 1.68. The van der Waals surface area contributed by atoms with Gasteiger partial charge < -0.3 is 0 Å². The summed E-state index contributed by atoms with van der Waals surface area (Å²) in [5, 5.41) is 0. The molecule has 0 spiro atoms. The molecule has 0 aliphatic rings. The fourth-order valence-electron chi connectivity index (χ4n) is 1.15. The number of ketones is 1. The van der Waals surface area contributed by atoms with Crippen LogP contribution in [0, 0.1) is 5.82 Å². The van der Waals surface area contributed by atoms with Gasteiger partial charge in [0.15, 0.2) is 0 Å². The van der Waals surface area contributed by atoms with Gasteiger partial charge in [-0.3, -0.25) is 4.79 Å². The summed E-state index contributed by atoms with van der Waals surface area (Å²) in [4.78, 5) is 11.8. The molecule has 1 aromatic carbocycles. The Balaban J connectivity index is 3.01. The largest absolute Gasteiger partial charge is 0.300 e. The lowest BCUT2D eigenvalue weighted by molar-refractivity contribution is -0.116. The maximum atomic E-state index is 12.8. The van der Waals surface area contributed by atoms with Gasteiger partial charge in [0, 0.05) is 11.3 Å². The van der Waals surface area contributed by atoms with E-state index in [1.165, 1.54) is 30.8 Å². The molecular formula is C10H11FOS. The summed E-state index contributed by atoms with van der Waals surface area (Å²) in [7, 11) is 0. The Morgan fingerprint density at radius 3 is 2.77 bits per heavy atom. The van der Waals surface area contributed by atoms with E-state index in [4.69, 9.17) is 0 Å². The second-order valence-electron chi connectivity index (χ2n) is 2.83. The maximum absolute atomic E-state index is 12.8. The maximum Gasteiger partial charge on any atom is 0.134 e. The number of hydrogen-bond acceptors (Lipinski definition) is 2. The van der Waals surface area contributed by atoms with Crippen molar-refractivity contribution in [2.45, 2.75) is 18.2 Å². The summed E-state index contributed by atoms with van der Waals surface area (Å²) in [6, 6.07) is 4.54. The van der Waals surface area contributed by atoms with Gasteiger partial charge >= 0.3 is 0 Å². The SMILES string of the molecule is CSc1ccc(F)cc1CC(C)=O. The van der Waals surface area contributed by atoms with Crippen molar-refractivity contribution < 1.29 is 9.18 Å². The Labute approximate surface area is 81.3 Å². The van der Waals surface area contributed by atoms with E-state index in [2.05, 4.69) is 0 Å². The minimum Gasteiger partial charge on any atom is -0.300 e. The van der Waals surface area contributed by atoms with Crippen molar-refractivity contribution in [2.24, 2.45) is 0 Å². The van der Waals surface area contributed by atoms with E-state index in [0.29, 0.717) is 6.42 Å². The van der Waals surface area contributed by atoms with Gasteiger partial charge in [-0.15, -0.1) is 11.8 Å². The molecule has 0 amide bonds. The summed E-state index contributed by atoms with van der Waals surface area (Å²) in [5.41, 5.74) is 0.778. The zero-order chi connectivity index (χ0) is 9.84. The van der Waals surface area contributed by atoms with Gasteiger partial charge in [-0.2, -0.15) is 0 Å². The Morgan fingerprint density at radius 2 is 2.23 bits per heavy atom. The van der Waals surface area contributed by atoms with Crippen molar-refractivity contribution in [3.05, 3.63) is 29.6 Å². The van der Waals surface area contributed by atoms with Crippen LogP contribution >= 0.6 is 11.8 Å². The van der Waals surface area contributed by atoms with Crippen LogP contribution in [-0.2, 0) is 11.2 Å². The highest BCUT2D eigenvalue weighted by atomic mass is 32.2. The van der Waals surface area contributed by atoms with E-state index in [0.717, 1.165) is 10.5 Å². The molecule has 0 aliphatic carbocycles. The first kappa shape index (κ1) is 10.3. The molecule has 0 bridgehead atoms. The van der Waals surface area contributed by atoms with Gasteiger partial charge in [0.25, 0.3) is 0 Å². The van der Waals surface area contributed by atoms with Gasteiger partial charge in [-0.25, -0.2) is 4.39 Å². The van der Waals surface area contributed by atoms with Crippen LogP contribution in [0.15, 0.2) is 23.1 Å². The van der Waals surface area contributed by atoms with E-state index in [-0.39, 0.29) is 11.6 Å². The molecule has 1 rings (SSSR count). The number of hydrogen-bond donors (Lipinski definition) is 0. The molecule has 1 nitrogen and oxygen atoms in total. The quantitative estimate of drug-likeness (QED) is 0.694. The highest BCUT2D eigenvalue weighted by molar-refractivity contribution is 7.98. The fraction of sp³-hybridized carbons (Fsp3) is 0.300. The molecule has 0 N–H and O–H groups in total. The van der Waals surface area contributed by atoms with Crippen LogP contribution in [0.3, 0.4) is 0 Å². The van der Waals surface area contributed by atoms with Gasteiger partial charge in [0.05, 0.1) is 0 Å². The molecule has 1 aromatic rings. The predicted octanol–water partition coefficient (Wildman–Crippen LogP) is 2.68. The van der Waals surface area contributed by atoms with Crippen LogP contribution < -0.4 is 0 Å². The van der Waals surface area contributed by atoms with Gasteiger partial charge in [-0.05, 0) is 36.9 Å². The highest BCUT2D eigenvalue weighted by Gasteiger charge is 2.05. The Hall–Kier alpha value is -0.830. The molecule has 3 heteroatoms. The average molecular weight is 198 g/mol. The van der Waals surface area contributed by atoms with Crippen molar-refractivity contribution in [1.29, 1.82) is 0 Å². The monoisotopic (exact) mass is 198 g/mol. The molecule has 13 heavy (non-hydrogen) atoms. The number of rotatable bonds is 3.